The molecule has 13 nitrogen and oxygen atoms in total. The first-order valence-electron chi connectivity index (χ1n) is 18.9. The van der Waals surface area contributed by atoms with E-state index in [4.69, 9.17) is 5.73 Å². The fourth-order valence-electron chi connectivity index (χ4n) is 6.88. The molecule has 52 heavy (non-hydrogen) atoms. The van der Waals surface area contributed by atoms with Gasteiger partial charge in [0.25, 0.3) is 0 Å². The zero-order valence-corrected chi connectivity index (χ0v) is 30.9. The molecule has 5 rings (SSSR count). The number of Topliss-reactive ketones (excluding diaryl/α,β-unsaturated/α-hetero) is 1. The molecular formula is C39H61N9O4. The highest BCUT2D eigenvalue weighted by Crippen LogP contribution is 2.16. The second-order valence-corrected chi connectivity index (χ2v) is 14.8. The molecule has 0 radical (unpaired) electrons. The first-order chi connectivity index (χ1) is 25.2. The van der Waals surface area contributed by atoms with E-state index in [0.29, 0.717) is 32.5 Å². The molecule has 13 heteroatoms. The number of primary amides is 1. The fourth-order valence-corrected chi connectivity index (χ4v) is 6.88. The summed E-state index contributed by atoms with van der Waals surface area (Å²) in [5.74, 6) is -1.94. The normalized spacial score (nSPS) is 23.3. The molecule has 3 saturated heterocycles. The van der Waals surface area contributed by atoms with Gasteiger partial charge in [0.1, 0.15) is 0 Å². The number of carbonyl (C=O) groups is 4. The van der Waals surface area contributed by atoms with Gasteiger partial charge in [0, 0.05) is 109 Å². The molecule has 0 aromatic heterocycles. The summed E-state index contributed by atoms with van der Waals surface area (Å²) in [6.45, 7) is 11.5. The van der Waals surface area contributed by atoms with Crippen LogP contribution in [0.25, 0.3) is 0 Å². The van der Waals surface area contributed by atoms with E-state index < -0.39 is 23.4 Å². The molecule has 2 aromatic rings. The van der Waals surface area contributed by atoms with Crippen LogP contribution in [0.2, 0.25) is 0 Å². The Bertz CT molecular complexity index is 1350. The summed E-state index contributed by atoms with van der Waals surface area (Å²) < 4.78 is 0. The molecular weight excluding hydrogens is 658 g/mol. The molecule has 0 spiro atoms. The highest BCUT2D eigenvalue weighted by atomic mass is 16.2. The number of carbonyl (C=O) groups excluding carboxylic acids is 4. The van der Waals surface area contributed by atoms with E-state index in [-0.39, 0.29) is 48.7 Å². The lowest BCUT2D eigenvalue weighted by atomic mass is 9.90. The lowest BCUT2D eigenvalue weighted by Crippen LogP contribution is -2.66. The summed E-state index contributed by atoms with van der Waals surface area (Å²) in [4.78, 5) is 52.7. The largest absolute Gasteiger partial charge is 0.369 e. The maximum Gasteiger partial charge on any atom is 0.221 e. The topological polar surface area (TPSA) is 191 Å². The van der Waals surface area contributed by atoms with E-state index in [9.17, 15) is 19.2 Å². The monoisotopic (exact) mass is 719 g/mol. The molecule has 3 heterocycles. The lowest BCUT2D eigenvalue weighted by molar-refractivity contribution is -0.130. The number of rotatable bonds is 14. The van der Waals surface area contributed by atoms with Gasteiger partial charge in [-0.05, 0) is 30.4 Å². The van der Waals surface area contributed by atoms with Gasteiger partial charge in [-0.15, -0.1) is 0 Å². The third-order valence-corrected chi connectivity index (χ3v) is 9.87. The predicted molar refractivity (Wildman–Crippen MR) is 205 cm³/mol. The molecule has 3 aliphatic heterocycles. The smallest absolute Gasteiger partial charge is 0.221 e. The van der Waals surface area contributed by atoms with Crippen molar-refractivity contribution in [1.29, 1.82) is 0 Å². The Labute approximate surface area is 309 Å². The van der Waals surface area contributed by atoms with Crippen molar-refractivity contribution in [2.24, 2.45) is 17.1 Å². The van der Waals surface area contributed by atoms with Crippen LogP contribution in [0, 0.1) is 11.3 Å². The van der Waals surface area contributed by atoms with Gasteiger partial charge < -0.3 is 48.3 Å². The van der Waals surface area contributed by atoms with E-state index in [1.807, 2.05) is 60.7 Å². The average Bonchev–Trinajstić information content (AvgIpc) is 3.12. The highest BCUT2D eigenvalue weighted by Gasteiger charge is 2.32. The van der Waals surface area contributed by atoms with Gasteiger partial charge in [-0.3, -0.25) is 19.2 Å². The van der Waals surface area contributed by atoms with Crippen LogP contribution < -0.4 is 48.3 Å². The summed E-state index contributed by atoms with van der Waals surface area (Å²) in [5.41, 5.74) is 7.04. The lowest BCUT2D eigenvalue weighted by Gasteiger charge is -2.37. The number of nitrogens with one attached hydrogen (secondary N) is 8. The SMILES string of the molecule is CC12CNCCNCC(NC(=O)CCCC(=O)NC(Cc3ccccc3)C(=O)CC(Cc3ccccc3)C(N)=O)(CNCCNC1)CNCCNC2. The maximum atomic E-state index is 13.6. The number of hydrogen-bond donors (Lipinski definition) is 9. The number of ketones is 1. The molecule has 2 bridgehead atoms. The second-order valence-electron chi connectivity index (χ2n) is 14.8. The molecule has 0 saturated carbocycles. The Morgan fingerprint density at radius 3 is 1.58 bits per heavy atom. The molecule has 0 aliphatic carbocycles. The number of hydrogen-bond acceptors (Lipinski definition) is 10. The molecule has 2 atom stereocenters. The fraction of sp³-hybridized carbons (Fsp3) is 0.590. The van der Waals surface area contributed by atoms with Crippen molar-refractivity contribution < 1.29 is 19.2 Å². The number of nitrogens with two attached hydrogens (primary N) is 1. The zero-order valence-electron chi connectivity index (χ0n) is 30.9. The molecule has 286 valence electrons. The Balaban J connectivity index is 1.34. The first kappa shape index (κ1) is 41.0. The second kappa shape index (κ2) is 21.7. The van der Waals surface area contributed by atoms with Crippen LogP contribution in [0.4, 0.5) is 0 Å². The van der Waals surface area contributed by atoms with Crippen LogP contribution in [0.1, 0.15) is 43.7 Å². The van der Waals surface area contributed by atoms with Crippen molar-refractivity contribution in [2.45, 2.75) is 57.0 Å². The minimum absolute atomic E-state index is 0.0792. The Morgan fingerprint density at radius 1 is 0.654 bits per heavy atom. The van der Waals surface area contributed by atoms with E-state index in [0.717, 1.165) is 70.0 Å². The van der Waals surface area contributed by atoms with E-state index in [2.05, 4.69) is 49.5 Å². The third kappa shape index (κ3) is 14.7. The van der Waals surface area contributed by atoms with Crippen LogP contribution in [0.5, 0.6) is 0 Å². The van der Waals surface area contributed by atoms with Crippen LogP contribution in [-0.2, 0) is 32.0 Å². The van der Waals surface area contributed by atoms with Gasteiger partial charge in [0.05, 0.1) is 11.6 Å². The number of amides is 3. The molecule has 3 amide bonds. The summed E-state index contributed by atoms with van der Waals surface area (Å²) in [5, 5.41) is 27.7. The van der Waals surface area contributed by atoms with Crippen LogP contribution in [0.15, 0.2) is 60.7 Å². The molecule has 3 fully saturated rings. The van der Waals surface area contributed by atoms with Crippen LogP contribution in [0.3, 0.4) is 0 Å². The van der Waals surface area contributed by atoms with E-state index >= 15 is 0 Å². The van der Waals surface area contributed by atoms with Gasteiger partial charge in [-0.1, -0.05) is 67.6 Å². The minimum Gasteiger partial charge on any atom is -0.369 e. The van der Waals surface area contributed by atoms with E-state index in [1.165, 1.54) is 0 Å². The number of benzene rings is 2. The first-order valence-corrected chi connectivity index (χ1v) is 18.9. The maximum absolute atomic E-state index is 13.6. The number of fused-ring (bicyclic) bond motifs is 15. The standard InChI is InChI=1S/C39H61N9O4/c1-38-24-41-15-18-44-27-39(28-45-19-16-42-25-38,29-46-20-17-43-26-38)48-36(51)14-8-13-35(50)47-33(22-31-11-6-3-7-12-31)34(49)23-32(37(40)52)21-30-9-4-2-5-10-30/h2-7,9-12,32-33,41-46H,8,13-29H2,1H3,(H2,40,52)(H,47,50)(H,48,51). The molecule has 2 aromatic carbocycles. The molecule has 3 aliphatic rings. The van der Waals surface area contributed by atoms with Crippen LogP contribution in [-0.4, -0.2) is 114 Å². The van der Waals surface area contributed by atoms with Gasteiger partial charge >= 0.3 is 0 Å². The summed E-state index contributed by atoms with van der Waals surface area (Å²) >= 11 is 0. The van der Waals surface area contributed by atoms with E-state index in [1.54, 1.807) is 0 Å². The summed E-state index contributed by atoms with van der Waals surface area (Å²) in [6, 6.07) is 18.1. The highest BCUT2D eigenvalue weighted by molar-refractivity contribution is 5.92. The van der Waals surface area contributed by atoms with Gasteiger partial charge in [-0.2, -0.15) is 0 Å². The quantitative estimate of drug-likeness (QED) is 0.124. The zero-order chi connectivity index (χ0) is 37.1. The van der Waals surface area contributed by atoms with Gasteiger partial charge in [-0.25, -0.2) is 0 Å². The third-order valence-electron chi connectivity index (χ3n) is 9.87. The van der Waals surface area contributed by atoms with Crippen LogP contribution >= 0.6 is 0 Å². The predicted octanol–water partition coefficient (Wildman–Crippen LogP) is -0.386. The minimum atomic E-state index is -0.829. The van der Waals surface area contributed by atoms with Crippen molar-refractivity contribution in [1.82, 2.24) is 42.5 Å². The van der Waals surface area contributed by atoms with Crippen molar-refractivity contribution >= 4 is 23.5 Å². The van der Waals surface area contributed by atoms with Gasteiger partial charge in [0.15, 0.2) is 5.78 Å². The summed E-state index contributed by atoms with van der Waals surface area (Å²) in [7, 11) is 0. The molecule has 10 N–H and O–H groups in total. The van der Waals surface area contributed by atoms with Crippen molar-refractivity contribution in [2.75, 3.05) is 78.5 Å². The van der Waals surface area contributed by atoms with Crippen molar-refractivity contribution in [3.63, 3.8) is 0 Å². The Hall–Kier alpha value is -3.72. The van der Waals surface area contributed by atoms with Crippen molar-refractivity contribution in [3.05, 3.63) is 71.8 Å². The Morgan fingerprint density at radius 2 is 1.10 bits per heavy atom. The van der Waals surface area contributed by atoms with Gasteiger partial charge in [0.2, 0.25) is 17.7 Å². The average molecular weight is 720 g/mol. The van der Waals surface area contributed by atoms with Crippen molar-refractivity contribution in [3.8, 4) is 0 Å². The Kier molecular flexibility index (Phi) is 17.1. The summed E-state index contributed by atoms with van der Waals surface area (Å²) in [6.07, 6.45) is 1.12. The molecule has 2 unspecified atom stereocenters.